The van der Waals surface area contributed by atoms with Crippen LogP contribution in [-0.2, 0) is 27.9 Å². The summed E-state index contributed by atoms with van der Waals surface area (Å²) in [6.45, 7) is 1.67. The first kappa shape index (κ1) is 23.1. The predicted octanol–water partition coefficient (Wildman–Crippen LogP) is 2.65. The Morgan fingerprint density at radius 1 is 1.09 bits per heavy atom. The lowest BCUT2D eigenvalue weighted by Crippen LogP contribution is -2.27. The number of hydrogen-bond donors (Lipinski definition) is 1. The third kappa shape index (κ3) is 4.91. The molecule has 1 N–H and O–H groups in total. The molecule has 0 spiro atoms. The highest BCUT2D eigenvalue weighted by Gasteiger charge is 2.28. The summed E-state index contributed by atoms with van der Waals surface area (Å²) in [4.78, 5) is 25.1. The van der Waals surface area contributed by atoms with Gasteiger partial charge in [0.05, 0.1) is 17.0 Å². The number of carbonyl (C=O) groups is 1. The lowest BCUT2D eigenvalue weighted by Gasteiger charge is -2.15. The quantitative estimate of drug-likeness (QED) is 0.401. The van der Waals surface area contributed by atoms with Gasteiger partial charge in [0.15, 0.2) is 5.58 Å². The van der Waals surface area contributed by atoms with E-state index in [1.807, 2.05) is 30.5 Å². The smallest absolute Gasteiger partial charge is 0.408 e. The number of carbonyl (C=O) groups excluding carboxylic acids is 1. The van der Waals surface area contributed by atoms with Crippen LogP contribution < -0.4 is 11.1 Å². The Labute approximate surface area is 201 Å². The number of amides is 1. The number of nitrogens with one attached hydrogen (secondary N) is 1. The number of nitrogens with zero attached hydrogens (tertiary/aromatic N) is 4. The van der Waals surface area contributed by atoms with Gasteiger partial charge in [-0.2, -0.15) is 9.40 Å². The average Bonchev–Trinajstić information content (AvgIpc) is 3.59. The van der Waals surface area contributed by atoms with Crippen molar-refractivity contribution >= 4 is 32.7 Å². The van der Waals surface area contributed by atoms with Crippen molar-refractivity contribution in [3.05, 3.63) is 77.0 Å². The molecular weight excluding hydrogens is 470 g/mol. The molecule has 0 aliphatic carbocycles. The topological polar surface area (TPSA) is 119 Å². The Morgan fingerprint density at radius 3 is 2.69 bits per heavy atom. The summed E-state index contributed by atoms with van der Waals surface area (Å²) in [6, 6.07) is 13.7. The summed E-state index contributed by atoms with van der Waals surface area (Å²) in [5.41, 5.74) is 2.27. The molecule has 10 nitrogen and oxygen atoms in total. The monoisotopic (exact) mass is 495 g/mol. The highest BCUT2D eigenvalue weighted by Crippen LogP contribution is 2.24. The van der Waals surface area contributed by atoms with Crippen molar-refractivity contribution in [2.24, 2.45) is 0 Å². The second kappa shape index (κ2) is 9.51. The van der Waals surface area contributed by atoms with Gasteiger partial charge in [-0.05, 0) is 48.7 Å². The maximum absolute atomic E-state index is 12.8. The van der Waals surface area contributed by atoms with Crippen LogP contribution in [0.3, 0.4) is 0 Å². The van der Waals surface area contributed by atoms with Crippen molar-refractivity contribution in [3.8, 4) is 0 Å². The van der Waals surface area contributed by atoms with Gasteiger partial charge >= 0.3 is 5.76 Å². The van der Waals surface area contributed by atoms with Crippen LogP contribution in [0.4, 0.5) is 5.69 Å². The Bertz CT molecular complexity index is 1520. The van der Waals surface area contributed by atoms with Gasteiger partial charge in [0.1, 0.15) is 0 Å². The van der Waals surface area contributed by atoms with E-state index in [2.05, 4.69) is 10.4 Å². The predicted molar refractivity (Wildman–Crippen MR) is 129 cm³/mol. The molecule has 11 heteroatoms. The highest BCUT2D eigenvalue weighted by molar-refractivity contribution is 7.89. The number of oxazole rings is 1. The third-order valence-electron chi connectivity index (χ3n) is 6.02. The van der Waals surface area contributed by atoms with Crippen LogP contribution in [-0.4, -0.2) is 46.1 Å². The molecule has 0 atom stereocenters. The van der Waals surface area contributed by atoms with Gasteiger partial charge < -0.3 is 9.73 Å². The minimum atomic E-state index is -3.62. The molecule has 182 valence electrons. The molecule has 0 saturated carbocycles. The highest BCUT2D eigenvalue weighted by atomic mass is 32.2. The summed E-state index contributed by atoms with van der Waals surface area (Å²) < 4.78 is 35.5. The van der Waals surface area contributed by atoms with E-state index in [-0.39, 0.29) is 29.4 Å². The Balaban J connectivity index is 1.26. The molecule has 0 bridgehead atoms. The van der Waals surface area contributed by atoms with Crippen molar-refractivity contribution in [1.82, 2.24) is 18.7 Å². The van der Waals surface area contributed by atoms with Gasteiger partial charge in [-0.3, -0.25) is 14.0 Å². The van der Waals surface area contributed by atoms with Gasteiger partial charge in [0, 0.05) is 50.2 Å². The number of aryl methyl sites for hydroxylation is 1. The van der Waals surface area contributed by atoms with Crippen molar-refractivity contribution in [1.29, 1.82) is 0 Å². The SMILES string of the molecule is O=C(CCn1c(=O)oc2cc(S(=O)(=O)N3CCCC3)ccc21)Nc1cccc(Cn2cccn2)c1. The number of benzene rings is 2. The lowest BCUT2D eigenvalue weighted by molar-refractivity contribution is -0.116. The van der Waals surface area contributed by atoms with Crippen LogP contribution in [0.5, 0.6) is 0 Å². The molecule has 2 aromatic heterocycles. The second-order valence-corrected chi connectivity index (χ2v) is 10.4. The zero-order valence-electron chi connectivity index (χ0n) is 19.0. The molecule has 0 radical (unpaired) electrons. The van der Waals surface area contributed by atoms with E-state index in [0.29, 0.717) is 30.8 Å². The molecule has 1 aliphatic rings. The largest absolute Gasteiger partial charge is 0.419 e. The molecule has 1 fully saturated rings. The molecule has 2 aromatic carbocycles. The average molecular weight is 496 g/mol. The zero-order valence-corrected chi connectivity index (χ0v) is 19.8. The molecule has 1 amide bonds. The number of sulfonamides is 1. The van der Waals surface area contributed by atoms with Crippen molar-refractivity contribution in [2.75, 3.05) is 18.4 Å². The summed E-state index contributed by atoms with van der Waals surface area (Å²) in [7, 11) is -3.62. The first-order chi connectivity index (χ1) is 16.9. The van der Waals surface area contributed by atoms with Crippen molar-refractivity contribution in [3.63, 3.8) is 0 Å². The fourth-order valence-electron chi connectivity index (χ4n) is 4.26. The Hall–Kier alpha value is -3.70. The van der Waals surface area contributed by atoms with E-state index >= 15 is 0 Å². The fourth-order valence-corrected chi connectivity index (χ4v) is 5.79. The van der Waals surface area contributed by atoms with Crippen LogP contribution in [0.15, 0.2) is 75.0 Å². The van der Waals surface area contributed by atoms with E-state index in [9.17, 15) is 18.0 Å². The van der Waals surface area contributed by atoms with E-state index in [0.717, 1.165) is 18.4 Å². The van der Waals surface area contributed by atoms with Crippen LogP contribution in [0, 0.1) is 0 Å². The summed E-state index contributed by atoms with van der Waals surface area (Å²) in [5, 5.41) is 7.04. The maximum atomic E-state index is 12.8. The van der Waals surface area contributed by atoms with Gasteiger partial charge in [-0.25, -0.2) is 13.2 Å². The number of hydrogen-bond acceptors (Lipinski definition) is 6. The summed E-state index contributed by atoms with van der Waals surface area (Å²) >= 11 is 0. The van der Waals surface area contributed by atoms with E-state index in [1.165, 1.54) is 21.0 Å². The minimum absolute atomic E-state index is 0.0474. The Morgan fingerprint density at radius 2 is 1.91 bits per heavy atom. The molecular formula is C24H25N5O5S. The minimum Gasteiger partial charge on any atom is -0.408 e. The summed E-state index contributed by atoms with van der Waals surface area (Å²) in [6.07, 6.45) is 5.29. The number of rotatable bonds is 8. The number of fused-ring (bicyclic) bond motifs is 1. The molecule has 1 saturated heterocycles. The van der Waals surface area contributed by atoms with Gasteiger partial charge in [-0.15, -0.1) is 0 Å². The third-order valence-corrected chi connectivity index (χ3v) is 7.91. The van der Waals surface area contributed by atoms with Crippen LogP contribution in [0.2, 0.25) is 0 Å². The molecule has 35 heavy (non-hydrogen) atoms. The fraction of sp³-hybridized carbons (Fsp3) is 0.292. The van der Waals surface area contributed by atoms with Gasteiger partial charge in [0.25, 0.3) is 0 Å². The second-order valence-electron chi connectivity index (χ2n) is 8.46. The number of aromatic nitrogens is 3. The van der Waals surface area contributed by atoms with Gasteiger partial charge in [-0.1, -0.05) is 12.1 Å². The van der Waals surface area contributed by atoms with Crippen LogP contribution in [0.1, 0.15) is 24.8 Å². The first-order valence-electron chi connectivity index (χ1n) is 11.4. The van der Waals surface area contributed by atoms with E-state index in [4.69, 9.17) is 4.42 Å². The molecule has 5 rings (SSSR count). The zero-order chi connectivity index (χ0) is 24.4. The van der Waals surface area contributed by atoms with Gasteiger partial charge in [0.2, 0.25) is 15.9 Å². The maximum Gasteiger partial charge on any atom is 0.419 e. The Kier molecular flexibility index (Phi) is 6.27. The molecule has 3 heterocycles. The molecule has 0 unspecified atom stereocenters. The van der Waals surface area contributed by atoms with E-state index < -0.39 is 15.8 Å². The molecule has 4 aromatic rings. The van der Waals surface area contributed by atoms with Crippen LogP contribution in [0.25, 0.3) is 11.1 Å². The van der Waals surface area contributed by atoms with Crippen molar-refractivity contribution < 1.29 is 17.6 Å². The normalized spacial score (nSPS) is 14.5. The van der Waals surface area contributed by atoms with Crippen LogP contribution >= 0.6 is 0 Å². The number of anilines is 1. The summed E-state index contributed by atoms with van der Waals surface area (Å²) in [5.74, 6) is -0.888. The van der Waals surface area contributed by atoms with E-state index in [1.54, 1.807) is 23.0 Å². The lowest BCUT2D eigenvalue weighted by atomic mass is 10.2. The molecule has 1 aliphatic heterocycles. The standard InChI is InChI=1S/C24H25N5O5S/c30-23(26-19-6-3-5-18(15-19)17-27-11-4-10-25-27)9-14-29-21-8-7-20(16-22(21)34-24(29)31)35(32,33)28-12-1-2-13-28/h3-8,10-11,15-16H,1-2,9,12-14,17H2,(H,26,30). The van der Waals surface area contributed by atoms with Crippen molar-refractivity contribution in [2.45, 2.75) is 37.2 Å². The first-order valence-corrected chi connectivity index (χ1v) is 12.8.